The van der Waals surface area contributed by atoms with E-state index in [0.717, 1.165) is 30.0 Å². The van der Waals surface area contributed by atoms with Crippen LogP contribution in [0.15, 0.2) is 48.5 Å². The molecule has 0 aliphatic carbocycles. The first-order valence-electron chi connectivity index (χ1n) is 9.12. The summed E-state index contributed by atoms with van der Waals surface area (Å²) >= 11 is 6.00. The number of carbonyl (C=O) groups excluding carboxylic acids is 1. The molecule has 2 aromatic carbocycles. The Labute approximate surface area is 165 Å². The Morgan fingerprint density at radius 2 is 1.96 bits per heavy atom. The first kappa shape index (κ1) is 19.7. The number of benzene rings is 2. The summed E-state index contributed by atoms with van der Waals surface area (Å²) in [5.74, 6) is 0.813. The van der Waals surface area contributed by atoms with Gasteiger partial charge in [0.1, 0.15) is 5.75 Å². The van der Waals surface area contributed by atoms with E-state index in [2.05, 4.69) is 22.3 Å². The van der Waals surface area contributed by atoms with Crippen molar-refractivity contribution in [3.8, 4) is 5.75 Å². The topological polar surface area (TPSA) is 50.8 Å². The molecule has 1 aliphatic heterocycles. The van der Waals surface area contributed by atoms with E-state index in [0.29, 0.717) is 31.2 Å². The second-order valence-corrected chi connectivity index (χ2v) is 6.98. The van der Waals surface area contributed by atoms with E-state index in [1.807, 2.05) is 30.3 Å². The number of ether oxygens (including phenoxy) is 2. The Kier molecular flexibility index (Phi) is 7.10. The summed E-state index contributed by atoms with van der Waals surface area (Å²) in [7, 11) is 1.66. The number of nitrogens with one attached hydrogen (secondary N) is 1. The average Bonchev–Trinajstić information content (AvgIpc) is 2.69. The van der Waals surface area contributed by atoms with Crippen LogP contribution < -0.4 is 10.1 Å². The first-order valence-corrected chi connectivity index (χ1v) is 9.50. The molecule has 1 atom stereocenters. The molecular formula is C21H25ClN2O3. The minimum atomic E-state index is -0.0102. The van der Waals surface area contributed by atoms with E-state index >= 15 is 0 Å². The van der Waals surface area contributed by atoms with Crippen molar-refractivity contribution in [3.63, 3.8) is 0 Å². The summed E-state index contributed by atoms with van der Waals surface area (Å²) in [6.07, 6.45) is 0.318. The number of rotatable bonds is 7. The van der Waals surface area contributed by atoms with Crippen LogP contribution in [0.5, 0.6) is 5.75 Å². The van der Waals surface area contributed by atoms with Gasteiger partial charge >= 0.3 is 0 Å². The van der Waals surface area contributed by atoms with Crippen molar-refractivity contribution < 1.29 is 14.3 Å². The van der Waals surface area contributed by atoms with Crippen molar-refractivity contribution in [2.75, 3.05) is 40.0 Å². The molecule has 0 aromatic heterocycles. The predicted molar refractivity (Wildman–Crippen MR) is 106 cm³/mol. The Balaban J connectivity index is 1.65. The van der Waals surface area contributed by atoms with Crippen LogP contribution in [0.2, 0.25) is 5.02 Å². The summed E-state index contributed by atoms with van der Waals surface area (Å²) < 4.78 is 10.7. The van der Waals surface area contributed by atoms with Gasteiger partial charge in [-0.1, -0.05) is 35.9 Å². The summed E-state index contributed by atoms with van der Waals surface area (Å²) in [5, 5.41) is 3.72. The molecule has 5 nitrogen and oxygen atoms in total. The third-order valence-corrected chi connectivity index (χ3v) is 4.97. The van der Waals surface area contributed by atoms with Crippen molar-refractivity contribution in [3.05, 3.63) is 64.7 Å². The first-order chi connectivity index (χ1) is 13.2. The zero-order valence-electron chi connectivity index (χ0n) is 15.5. The number of morpholine rings is 1. The van der Waals surface area contributed by atoms with Crippen molar-refractivity contribution >= 4 is 17.5 Å². The molecule has 1 fully saturated rings. The van der Waals surface area contributed by atoms with Crippen LogP contribution in [-0.4, -0.2) is 50.8 Å². The molecule has 3 rings (SSSR count). The Bertz CT molecular complexity index is 745. The van der Waals surface area contributed by atoms with Crippen molar-refractivity contribution in [2.45, 2.75) is 12.5 Å². The van der Waals surface area contributed by atoms with Gasteiger partial charge in [0.25, 0.3) is 0 Å². The fourth-order valence-corrected chi connectivity index (χ4v) is 3.49. The minimum absolute atomic E-state index is 0.0102. The summed E-state index contributed by atoms with van der Waals surface area (Å²) in [6.45, 7) is 3.67. The molecule has 2 aromatic rings. The maximum Gasteiger partial charge on any atom is 0.224 e. The van der Waals surface area contributed by atoms with E-state index < -0.39 is 0 Å². The van der Waals surface area contributed by atoms with Crippen LogP contribution in [0, 0.1) is 0 Å². The van der Waals surface area contributed by atoms with Gasteiger partial charge in [0.05, 0.1) is 32.8 Å². The highest BCUT2D eigenvalue weighted by Crippen LogP contribution is 2.23. The molecular weight excluding hydrogens is 364 g/mol. The van der Waals surface area contributed by atoms with Crippen LogP contribution in [0.1, 0.15) is 17.2 Å². The fraction of sp³-hybridized carbons (Fsp3) is 0.381. The largest absolute Gasteiger partial charge is 0.497 e. The van der Waals surface area contributed by atoms with E-state index in [-0.39, 0.29) is 11.9 Å². The van der Waals surface area contributed by atoms with Crippen LogP contribution in [0.3, 0.4) is 0 Å². The van der Waals surface area contributed by atoms with Gasteiger partial charge in [-0.25, -0.2) is 0 Å². The Morgan fingerprint density at radius 3 is 2.63 bits per heavy atom. The maximum atomic E-state index is 12.4. The molecule has 0 bridgehead atoms. The third kappa shape index (κ3) is 5.70. The number of methoxy groups -OCH3 is 1. The van der Waals surface area contributed by atoms with Gasteiger partial charge in [0.15, 0.2) is 0 Å². The number of hydrogen-bond donors (Lipinski definition) is 1. The van der Waals surface area contributed by atoms with E-state index in [9.17, 15) is 4.79 Å². The smallest absolute Gasteiger partial charge is 0.224 e. The lowest BCUT2D eigenvalue weighted by molar-refractivity contribution is -0.120. The van der Waals surface area contributed by atoms with Crippen LogP contribution in [-0.2, 0) is 16.0 Å². The zero-order valence-corrected chi connectivity index (χ0v) is 16.2. The molecule has 1 N–H and O–H groups in total. The van der Waals surface area contributed by atoms with Gasteiger partial charge < -0.3 is 14.8 Å². The molecule has 1 saturated heterocycles. The molecule has 0 radical (unpaired) electrons. The van der Waals surface area contributed by atoms with Gasteiger partial charge in [-0.2, -0.15) is 0 Å². The number of amides is 1. The van der Waals surface area contributed by atoms with Gasteiger partial charge in [-0.3, -0.25) is 9.69 Å². The summed E-state index contributed by atoms with van der Waals surface area (Å²) in [6, 6.07) is 15.5. The highest BCUT2D eigenvalue weighted by Gasteiger charge is 2.23. The van der Waals surface area contributed by atoms with Crippen LogP contribution in [0.4, 0.5) is 0 Å². The van der Waals surface area contributed by atoms with E-state index in [1.165, 1.54) is 0 Å². The Hall–Kier alpha value is -2.08. The lowest BCUT2D eigenvalue weighted by Gasteiger charge is -2.35. The second-order valence-electron chi connectivity index (χ2n) is 6.55. The quantitative estimate of drug-likeness (QED) is 0.792. The van der Waals surface area contributed by atoms with Crippen molar-refractivity contribution in [1.82, 2.24) is 10.2 Å². The normalized spacial score (nSPS) is 15.9. The highest BCUT2D eigenvalue weighted by atomic mass is 35.5. The van der Waals surface area contributed by atoms with Crippen molar-refractivity contribution in [1.29, 1.82) is 0 Å². The van der Waals surface area contributed by atoms with Gasteiger partial charge in [0, 0.05) is 24.7 Å². The lowest BCUT2D eigenvalue weighted by Crippen LogP contribution is -2.44. The maximum absolute atomic E-state index is 12.4. The molecule has 144 valence electrons. The molecule has 1 aliphatic rings. The zero-order chi connectivity index (χ0) is 19.1. The molecule has 1 heterocycles. The molecule has 27 heavy (non-hydrogen) atoms. The second kappa shape index (κ2) is 9.74. The van der Waals surface area contributed by atoms with Crippen molar-refractivity contribution in [2.24, 2.45) is 0 Å². The molecule has 1 unspecified atom stereocenters. The summed E-state index contributed by atoms with van der Waals surface area (Å²) in [5.41, 5.74) is 2.06. The molecule has 1 amide bonds. The average molecular weight is 389 g/mol. The monoisotopic (exact) mass is 388 g/mol. The van der Waals surface area contributed by atoms with Gasteiger partial charge in [0.2, 0.25) is 5.91 Å². The van der Waals surface area contributed by atoms with Crippen LogP contribution >= 0.6 is 11.6 Å². The predicted octanol–water partition coefficient (Wildman–Crippen LogP) is 3.08. The summed E-state index contributed by atoms with van der Waals surface area (Å²) in [4.78, 5) is 14.8. The third-order valence-electron chi connectivity index (χ3n) is 4.73. The SMILES string of the molecule is COc1ccc(C(CNC(=O)Cc2cccc(Cl)c2)N2CCOCC2)cc1. The number of halogens is 1. The molecule has 0 spiro atoms. The van der Waals surface area contributed by atoms with E-state index in [1.54, 1.807) is 13.2 Å². The fourth-order valence-electron chi connectivity index (χ4n) is 3.28. The minimum Gasteiger partial charge on any atom is -0.497 e. The highest BCUT2D eigenvalue weighted by molar-refractivity contribution is 6.30. The number of nitrogens with zero attached hydrogens (tertiary/aromatic N) is 1. The standard InChI is InChI=1S/C21H25ClN2O3/c1-26-19-7-5-17(6-8-19)20(24-9-11-27-12-10-24)15-23-21(25)14-16-3-2-4-18(22)13-16/h2-8,13,20H,9-12,14-15H2,1H3,(H,23,25). The Morgan fingerprint density at radius 1 is 1.22 bits per heavy atom. The molecule has 0 saturated carbocycles. The van der Waals surface area contributed by atoms with Gasteiger partial charge in [-0.15, -0.1) is 0 Å². The van der Waals surface area contributed by atoms with E-state index in [4.69, 9.17) is 21.1 Å². The number of hydrogen-bond acceptors (Lipinski definition) is 4. The molecule has 6 heteroatoms. The lowest BCUT2D eigenvalue weighted by atomic mass is 10.0. The van der Waals surface area contributed by atoms with Gasteiger partial charge in [-0.05, 0) is 35.4 Å². The number of carbonyl (C=O) groups is 1. The van der Waals surface area contributed by atoms with Crippen LogP contribution in [0.25, 0.3) is 0 Å².